The average molecular weight is 210 g/mol. The van der Waals surface area contributed by atoms with Crippen molar-refractivity contribution in [2.45, 2.75) is 51.9 Å². The first kappa shape index (κ1) is 12.3. The van der Waals surface area contributed by atoms with E-state index in [1.54, 1.807) is 0 Å². The predicted molar refractivity (Wildman–Crippen MR) is 61.7 cm³/mol. The van der Waals surface area contributed by atoms with Crippen LogP contribution >= 0.6 is 0 Å². The van der Waals surface area contributed by atoms with Crippen LogP contribution in [-0.2, 0) is 4.79 Å². The van der Waals surface area contributed by atoms with Crippen LogP contribution < -0.4 is 0 Å². The van der Waals surface area contributed by atoms with Crippen LogP contribution in [0.4, 0.5) is 0 Å². The van der Waals surface area contributed by atoms with Gasteiger partial charge in [-0.3, -0.25) is 4.79 Å². The van der Waals surface area contributed by atoms with E-state index < -0.39 is 5.97 Å². The molecule has 2 unspecified atom stereocenters. The zero-order valence-corrected chi connectivity index (χ0v) is 9.61. The Balaban J connectivity index is 1.92. The molecule has 1 rings (SSSR count). The molecule has 0 aromatic heterocycles. The monoisotopic (exact) mass is 210 g/mol. The maximum absolute atomic E-state index is 10.5. The minimum Gasteiger partial charge on any atom is -0.481 e. The molecule has 0 bridgehead atoms. The van der Waals surface area contributed by atoms with Gasteiger partial charge in [-0.15, -0.1) is 0 Å². The van der Waals surface area contributed by atoms with Gasteiger partial charge in [-0.25, -0.2) is 0 Å². The smallest absolute Gasteiger partial charge is 0.307 e. The van der Waals surface area contributed by atoms with Crippen molar-refractivity contribution in [3.05, 3.63) is 12.2 Å². The normalized spacial score (nSPS) is 24.6. The second-order valence-corrected chi connectivity index (χ2v) is 4.48. The van der Waals surface area contributed by atoms with Gasteiger partial charge < -0.3 is 5.11 Å². The van der Waals surface area contributed by atoms with Gasteiger partial charge in [0.25, 0.3) is 0 Å². The molecule has 0 saturated heterocycles. The summed E-state index contributed by atoms with van der Waals surface area (Å²) in [4.78, 5) is 10.5. The maximum Gasteiger partial charge on any atom is 0.307 e. The van der Waals surface area contributed by atoms with Gasteiger partial charge in [0.1, 0.15) is 0 Å². The van der Waals surface area contributed by atoms with E-state index in [9.17, 15) is 4.79 Å². The molecule has 1 saturated carbocycles. The summed E-state index contributed by atoms with van der Waals surface area (Å²) in [6.45, 7) is 2.22. The summed E-state index contributed by atoms with van der Waals surface area (Å²) in [7, 11) is 0. The van der Waals surface area contributed by atoms with Crippen molar-refractivity contribution in [3.8, 4) is 0 Å². The van der Waals surface area contributed by atoms with Crippen molar-refractivity contribution in [1.82, 2.24) is 0 Å². The summed E-state index contributed by atoms with van der Waals surface area (Å²) < 4.78 is 0. The molecular formula is C13H22O2. The number of carboxylic acids is 1. The lowest BCUT2D eigenvalue weighted by Crippen LogP contribution is -1.97. The molecule has 0 heterocycles. The molecular weight excluding hydrogens is 188 g/mol. The average Bonchev–Trinajstić information content (AvgIpc) is 2.96. The summed E-state index contributed by atoms with van der Waals surface area (Å²) in [6.07, 6.45) is 12.8. The second-order valence-electron chi connectivity index (χ2n) is 4.48. The Morgan fingerprint density at radius 3 is 2.67 bits per heavy atom. The largest absolute Gasteiger partial charge is 0.481 e. The number of rotatable bonds is 8. The number of carboxylic acid groups (broad SMARTS) is 1. The Bertz CT molecular complexity index is 221. The van der Waals surface area contributed by atoms with Gasteiger partial charge in [0.15, 0.2) is 0 Å². The minimum absolute atomic E-state index is 0.0821. The fourth-order valence-electron chi connectivity index (χ4n) is 1.85. The second kappa shape index (κ2) is 6.65. The van der Waals surface area contributed by atoms with E-state index in [1.807, 2.05) is 0 Å². The highest BCUT2D eigenvalue weighted by molar-refractivity contribution is 5.73. The van der Waals surface area contributed by atoms with Crippen LogP contribution in [0.3, 0.4) is 0 Å². The highest BCUT2D eigenvalue weighted by Crippen LogP contribution is 2.39. The van der Waals surface area contributed by atoms with Gasteiger partial charge in [-0.2, -0.15) is 0 Å². The summed E-state index contributed by atoms with van der Waals surface area (Å²) in [6, 6.07) is 0. The van der Waals surface area contributed by atoms with Gasteiger partial charge in [0.05, 0.1) is 5.92 Å². The van der Waals surface area contributed by atoms with Gasteiger partial charge in [0.2, 0.25) is 0 Å². The summed E-state index contributed by atoms with van der Waals surface area (Å²) in [5, 5.41) is 8.69. The molecule has 86 valence electrons. The van der Waals surface area contributed by atoms with Crippen LogP contribution in [0.1, 0.15) is 51.9 Å². The molecule has 0 amide bonds. The van der Waals surface area contributed by atoms with Crippen LogP contribution in [0.5, 0.6) is 0 Å². The summed E-state index contributed by atoms with van der Waals surface area (Å²) >= 11 is 0. The maximum atomic E-state index is 10.5. The number of hydrogen-bond acceptors (Lipinski definition) is 1. The van der Waals surface area contributed by atoms with Crippen molar-refractivity contribution in [3.63, 3.8) is 0 Å². The quantitative estimate of drug-likeness (QED) is 0.490. The lowest BCUT2D eigenvalue weighted by molar-refractivity contribution is -0.138. The zero-order chi connectivity index (χ0) is 11.1. The van der Waals surface area contributed by atoms with Crippen molar-refractivity contribution < 1.29 is 9.90 Å². The van der Waals surface area contributed by atoms with E-state index in [0.29, 0.717) is 5.92 Å². The van der Waals surface area contributed by atoms with E-state index >= 15 is 0 Å². The highest BCUT2D eigenvalue weighted by atomic mass is 16.4. The molecule has 0 spiro atoms. The molecule has 0 aromatic carbocycles. The molecule has 1 aliphatic carbocycles. The molecule has 1 aliphatic rings. The third-order valence-electron chi connectivity index (χ3n) is 3.01. The van der Waals surface area contributed by atoms with Crippen LogP contribution in [0.25, 0.3) is 0 Å². The minimum atomic E-state index is -0.632. The van der Waals surface area contributed by atoms with Crippen LogP contribution in [-0.4, -0.2) is 11.1 Å². The highest BCUT2D eigenvalue weighted by Gasteiger charge is 2.40. The third-order valence-corrected chi connectivity index (χ3v) is 3.01. The standard InChI is InChI=1S/C13H22O2/c1-2-3-4-5-6-7-8-9-11-10-12(11)13(14)15/h8-9,11-12H,2-7,10H2,1H3,(H,14,15). The number of carbonyl (C=O) groups is 1. The van der Waals surface area contributed by atoms with Gasteiger partial charge in [-0.05, 0) is 25.2 Å². The number of allylic oxidation sites excluding steroid dienone is 2. The lowest BCUT2D eigenvalue weighted by atomic mass is 10.1. The fourth-order valence-corrected chi connectivity index (χ4v) is 1.85. The molecule has 1 N–H and O–H groups in total. The van der Waals surface area contributed by atoms with Crippen molar-refractivity contribution in [2.75, 3.05) is 0 Å². The SMILES string of the molecule is CCCCCCCC=CC1CC1C(=O)O. The first-order chi connectivity index (χ1) is 7.25. The van der Waals surface area contributed by atoms with Crippen LogP contribution in [0, 0.1) is 11.8 Å². The number of unbranched alkanes of at least 4 members (excludes halogenated alkanes) is 5. The molecule has 2 heteroatoms. The molecule has 1 fully saturated rings. The van der Waals surface area contributed by atoms with Crippen LogP contribution in [0.2, 0.25) is 0 Å². The van der Waals surface area contributed by atoms with E-state index in [1.165, 1.54) is 32.1 Å². The Kier molecular flexibility index (Phi) is 5.44. The first-order valence-electron chi connectivity index (χ1n) is 6.15. The first-order valence-corrected chi connectivity index (χ1v) is 6.15. The number of hydrogen-bond donors (Lipinski definition) is 1. The molecule has 0 aliphatic heterocycles. The topological polar surface area (TPSA) is 37.3 Å². The number of aliphatic carboxylic acids is 1. The zero-order valence-electron chi connectivity index (χ0n) is 9.61. The molecule has 0 radical (unpaired) electrons. The Labute approximate surface area is 92.4 Å². The van der Waals surface area contributed by atoms with Crippen molar-refractivity contribution in [2.24, 2.45) is 11.8 Å². The third kappa shape index (κ3) is 5.01. The van der Waals surface area contributed by atoms with Gasteiger partial charge in [0, 0.05) is 0 Å². The van der Waals surface area contributed by atoms with E-state index in [0.717, 1.165) is 12.8 Å². The molecule has 0 aromatic rings. The van der Waals surface area contributed by atoms with E-state index in [4.69, 9.17) is 5.11 Å². The van der Waals surface area contributed by atoms with E-state index in [2.05, 4.69) is 19.1 Å². The van der Waals surface area contributed by atoms with E-state index in [-0.39, 0.29) is 5.92 Å². The van der Waals surface area contributed by atoms with Crippen molar-refractivity contribution in [1.29, 1.82) is 0 Å². The predicted octanol–water partition coefficient (Wildman–Crippen LogP) is 3.62. The molecule has 15 heavy (non-hydrogen) atoms. The fraction of sp³-hybridized carbons (Fsp3) is 0.769. The summed E-state index contributed by atoms with van der Waals surface area (Å²) in [5.74, 6) is -0.382. The van der Waals surface area contributed by atoms with Gasteiger partial charge >= 0.3 is 5.97 Å². The van der Waals surface area contributed by atoms with Crippen LogP contribution in [0.15, 0.2) is 12.2 Å². The molecule has 2 atom stereocenters. The Morgan fingerprint density at radius 2 is 2.07 bits per heavy atom. The lowest BCUT2D eigenvalue weighted by Gasteiger charge is -1.95. The Morgan fingerprint density at radius 1 is 1.33 bits per heavy atom. The Hall–Kier alpha value is -0.790. The summed E-state index contributed by atoms with van der Waals surface area (Å²) in [5.41, 5.74) is 0. The molecule has 2 nitrogen and oxygen atoms in total. The van der Waals surface area contributed by atoms with Crippen molar-refractivity contribution >= 4 is 5.97 Å². The van der Waals surface area contributed by atoms with Gasteiger partial charge in [-0.1, -0.05) is 44.8 Å².